The highest BCUT2D eigenvalue weighted by Crippen LogP contribution is 2.26. The van der Waals surface area contributed by atoms with Gasteiger partial charge in [0, 0.05) is 17.7 Å². The van der Waals surface area contributed by atoms with E-state index in [0.29, 0.717) is 16.9 Å². The van der Waals surface area contributed by atoms with Crippen molar-refractivity contribution in [2.24, 2.45) is 0 Å². The van der Waals surface area contributed by atoms with E-state index in [9.17, 15) is 15.3 Å². The lowest BCUT2D eigenvalue weighted by Crippen LogP contribution is -1.95. The highest BCUT2D eigenvalue weighted by Gasteiger charge is 2.15. The summed E-state index contributed by atoms with van der Waals surface area (Å²) < 4.78 is 0.886. The first kappa shape index (κ1) is 12.2. The van der Waals surface area contributed by atoms with Crippen molar-refractivity contribution in [3.8, 4) is 11.4 Å². The maximum absolute atomic E-state index is 10.8. The van der Waals surface area contributed by atoms with Crippen LogP contribution in [0.4, 0.5) is 5.69 Å². The molecule has 20 heavy (non-hydrogen) atoms. The smallest absolute Gasteiger partial charge is 0.271 e. The summed E-state index contributed by atoms with van der Waals surface area (Å²) >= 11 is 0. The molecule has 0 aliphatic carbocycles. The van der Waals surface area contributed by atoms with Crippen molar-refractivity contribution in [1.82, 2.24) is 9.71 Å². The van der Waals surface area contributed by atoms with Crippen LogP contribution in [0.15, 0.2) is 42.5 Å². The molecule has 100 valence electrons. The Hall–Kier alpha value is -2.89. The molecule has 1 N–H and O–H groups in total. The molecule has 0 aliphatic rings. The van der Waals surface area contributed by atoms with Gasteiger partial charge in [-0.3, -0.25) is 10.1 Å². The van der Waals surface area contributed by atoms with E-state index in [1.807, 2.05) is 31.2 Å². The summed E-state index contributed by atoms with van der Waals surface area (Å²) in [5.41, 5.74) is 2.54. The Morgan fingerprint density at radius 2 is 2.05 bits per heavy atom. The molecular weight excluding hydrogens is 258 g/mol. The van der Waals surface area contributed by atoms with Gasteiger partial charge in [-0.2, -0.15) is 4.73 Å². The van der Waals surface area contributed by atoms with Crippen molar-refractivity contribution in [2.75, 3.05) is 0 Å². The summed E-state index contributed by atoms with van der Waals surface area (Å²) in [6.45, 7) is 1.94. The lowest BCUT2D eigenvalue weighted by Gasteiger charge is -2.01. The molecule has 0 aliphatic heterocycles. The Balaban J connectivity index is 2.23. The van der Waals surface area contributed by atoms with E-state index in [1.165, 1.54) is 18.2 Å². The van der Waals surface area contributed by atoms with Gasteiger partial charge in [0.2, 0.25) is 0 Å². The number of imidazole rings is 1. The van der Waals surface area contributed by atoms with Crippen LogP contribution in [0, 0.1) is 17.0 Å². The number of nitrogens with zero attached hydrogens (tertiary/aromatic N) is 3. The van der Waals surface area contributed by atoms with Crippen molar-refractivity contribution in [2.45, 2.75) is 6.92 Å². The van der Waals surface area contributed by atoms with E-state index in [4.69, 9.17) is 0 Å². The molecule has 0 unspecified atom stereocenters. The minimum absolute atomic E-state index is 0.0801. The average Bonchev–Trinajstić information content (AvgIpc) is 2.76. The van der Waals surface area contributed by atoms with Gasteiger partial charge in [0.25, 0.3) is 5.69 Å². The van der Waals surface area contributed by atoms with Gasteiger partial charge >= 0.3 is 0 Å². The second-order valence-electron chi connectivity index (χ2n) is 4.55. The van der Waals surface area contributed by atoms with Gasteiger partial charge in [0.15, 0.2) is 5.82 Å². The third kappa shape index (κ3) is 1.87. The highest BCUT2D eigenvalue weighted by molar-refractivity contribution is 5.82. The molecule has 6 nitrogen and oxygen atoms in total. The molecule has 2 aromatic carbocycles. The van der Waals surface area contributed by atoms with Gasteiger partial charge in [0.05, 0.1) is 10.4 Å². The van der Waals surface area contributed by atoms with Crippen LogP contribution in [0.1, 0.15) is 5.56 Å². The minimum atomic E-state index is -0.501. The predicted molar refractivity (Wildman–Crippen MR) is 73.7 cm³/mol. The summed E-state index contributed by atoms with van der Waals surface area (Å²) in [5, 5.41) is 20.9. The Labute approximate surface area is 114 Å². The monoisotopic (exact) mass is 269 g/mol. The molecule has 0 atom stereocenters. The normalized spacial score (nSPS) is 10.8. The molecule has 6 heteroatoms. The van der Waals surface area contributed by atoms with Crippen LogP contribution in [-0.4, -0.2) is 19.8 Å². The topological polar surface area (TPSA) is 81.2 Å². The fourth-order valence-corrected chi connectivity index (χ4v) is 2.14. The lowest BCUT2D eigenvalue weighted by molar-refractivity contribution is -0.384. The van der Waals surface area contributed by atoms with Gasteiger partial charge in [-0.25, -0.2) is 4.98 Å². The van der Waals surface area contributed by atoms with Crippen LogP contribution in [0.5, 0.6) is 0 Å². The predicted octanol–water partition coefficient (Wildman–Crippen LogP) is 3.16. The molecule has 1 aromatic heterocycles. The zero-order valence-electron chi connectivity index (χ0n) is 10.6. The van der Waals surface area contributed by atoms with Gasteiger partial charge in [0.1, 0.15) is 5.52 Å². The van der Waals surface area contributed by atoms with Gasteiger partial charge in [-0.1, -0.05) is 23.8 Å². The van der Waals surface area contributed by atoms with Crippen LogP contribution in [-0.2, 0) is 0 Å². The number of rotatable bonds is 2. The molecule has 0 spiro atoms. The fraction of sp³-hybridized carbons (Fsp3) is 0.0714. The van der Waals surface area contributed by atoms with Crippen LogP contribution < -0.4 is 0 Å². The SMILES string of the molecule is Cc1cccc(-c2nc3ccc([N+](=O)[O-])cc3n2O)c1. The number of hydrogen-bond acceptors (Lipinski definition) is 4. The number of aryl methyl sites for hydroxylation is 1. The molecule has 0 amide bonds. The Morgan fingerprint density at radius 3 is 2.75 bits per heavy atom. The summed E-state index contributed by atoms with van der Waals surface area (Å²) in [7, 11) is 0. The average molecular weight is 269 g/mol. The van der Waals surface area contributed by atoms with E-state index in [0.717, 1.165) is 15.9 Å². The highest BCUT2D eigenvalue weighted by atomic mass is 16.6. The Bertz CT molecular complexity index is 824. The van der Waals surface area contributed by atoms with Crippen LogP contribution in [0.2, 0.25) is 0 Å². The fourth-order valence-electron chi connectivity index (χ4n) is 2.14. The third-order valence-electron chi connectivity index (χ3n) is 3.10. The summed E-state index contributed by atoms with van der Waals surface area (Å²) in [6, 6.07) is 11.7. The summed E-state index contributed by atoms with van der Waals surface area (Å²) in [5.74, 6) is 0.365. The molecule has 0 fully saturated rings. The van der Waals surface area contributed by atoms with Gasteiger partial charge < -0.3 is 5.21 Å². The van der Waals surface area contributed by atoms with Crippen molar-refractivity contribution in [3.63, 3.8) is 0 Å². The van der Waals surface area contributed by atoms with Gasteiger partial charge in [-0.15, -0.1) is 0 Å². The number of fused-ring (bicyclic) bond motifs is 1. The number of aromatic nitrogens is 2. The Morgan fingerprint density at radius 1 is 1.25 bits per heavy atom. The zero-order valence-corrected chi connectivity index (χ0v) is 10.6. The zero-order chi connectivity index (χ0) is 14.3. The molecule has 0 saturated carbocycles. The second kappa shape index (κ2) is 4.34. The van der Waals surface area contributed by atoms with E-state index in [-0.39, 0.29) is 5.69 Å². The van der Waals surface area contributed by atoms with Crippen LogP contribution in [0.25, 0.3) is 22.4 Å². The van der Waals surface area contributed by atoms with E-state index < -0.39 is 4.92 Å². The minimum Gasteiger partial charge on any atom is -0.426 e. The standard InChI is InChI=1S/C14H11N3O3/c1-9-3-2-4-10(7-9)14-15-12-6-5-11(17(19)20)8-13(12)16(14)18/h2-8,18H,1H3. The quantitative estimate of drug-likeness (QED) is 0.440. The van der Waals surface area contributed by atoms with E-state index in [1.54, 1.807) is 0 Å². The largest absolute Gasteiger partial charge is 0.426 e. The van der Waals surface area contributed by atoms with Gasteiger partial charge in [-0.05, 0) is 19.1 Å². The maximum Gasteiger partial charge on any atom is 0.271 e. The summed E-state index contributed by atoms with van der Waals surface area (Å²) in [4.78, 5) is 14.6. The number of hydrogen-bond donors (Lipinski definition) is 1. The molecule has 1 heterocycles. The first-order valence-electron chi connectivity index (χ1n) is 5.99. The van der Waals surface area contributed by atoms with E-state index >= 15 is 0 Å². The lowest BCUT2D eigenvalue weighted by atomic mass is 10.1. The molecule has 0 radical (unpaired) electrons. The van der Waals surface area contributed by atoms with Crippen molar-refractivity contribution >= 4 is 16.7 Å². The second-order valence-corrected chi connectivity index (χ2v) is 4.55. The number of benzene rings is 2. The van der Waals surface area contributed by atoms with Crippen LogP contribution >= 0.6 is 0 Å². The van der Waals surface area contributed by atoms with Crippen LogP contribution in [0.3, 0.4) is 0 Å². The van der Waals surface area contributed by atoms with Crippen molar-refractivity contribution in [1.29, 1.82) is 0 Å². The Kier molecular flexibility index (Phi) is 2.64. The molecule has 3 aromatic rings. The first-order valence-corrected chi connectivity index (χ1v) is 5.99. The first-order chi connectivity index (χ1) is 9.56. The molecular formula is C14H11N3O3. The molecule has 0 bridgehead atoms. The molecule has 0 saturated heterocycles. The van der Waals surface area contributed by atoms with Crippen molar-refractivity contribution in [3.05, 3.63) is 58.1 Å². The van der Waals surface area contributed by atoms with E-state index in [2.05, 4.69) is 4.98 Å². The maximum atomic E-state index is 10.8. The third-order valence-corrected chi connectivity index (χ3v) is 3.10. The molecule has 3 rings (SSSR count). The summed E-state index contributed by atoms with van der Waals surface area (Å²) in [6.07, 6.45) is 0. The number of nitro groups is 1. The number of non-ortho nitro benzene ring substituents is 1. The number of nitro benzene ring substituents is 1. The van der Waals surface area contributed by atoms with Crippen molar-refractivity contribution < 1.29 is 10.1 Å².